The van der Waals surface area contributed by atoms with Crippen molar-refractivity contribution in [1.29, 1.82) is 0 Å². The van der Waals surface area contributed by atoms with Crippen LogP contribution in [-0.2, 0) is 6.54 Å². The molecule has 3 rings (SSSR count). The second kappa shape index (κ2) is 4.48. The van der Waals surface area contributed by atoms with Gasteiger partial charge in [0.15, 0.2) is 11.5 Å². The lowest BCUT2D eigenvalue weighted by molar-refractivity contribution is 0.0685. The largest absolute Gasteiger partial charge is 0.476 e. The minimum absolute atomic E-state index is 0.0866. The lowest BCUT2D eigenvalue weighted by Gasteiger charge is -2.03. The standard InChI is InChI=1S/C14H13N3O3/c1-8-3-11-13(4-9(8)2)17(7-15-11)6-10-5-12(14(18)19)16-20-10/h3-5,7H,6H2,1-2H3,(H,18,19). The molecule has 20 heavy (non-hydrogen) atoms. The number of hydrogen-bond donors (Lipinski definition) is 1. The third-order valence-electron chi connectivity index (χ3n) is 3.34. The molecule has 0 spiro atoms. The molecule has 2 heterocycles. The molecular formula is C14H13N3O3. The number of benzene rings is 1. The molecule has 0 aliphatic rings. The van der Waals surface area contributed by atoms with Crippen molar-refractivity contribution >= 4 is 17.0 Å². The first-order valence-electron chi connectivity index (χ1n) is 6.15. The number of aromatic nitrogens is 3. The quantitative estimate of drug-likeness (QED) is 0.791. The summed E-state index contributed by atoms with van der Waals surface area (Å²) < 4.78 is 6.93. The average molecular weight is 271 g/mol. The molecule has 0 saturated carbocycles. The number of imidazole rings is 1. The molecule has 6 nitrogen and oxygen atoms in total. The summed E-state index contributed by atoms with van der Waals surface area (Å²) in [5.41, 5.74) is 4.18. The van der Waals surface area contributed by atoms with Gasteiger partial charge in [0.2, 0.25) is 0 Å². The van der Waals surface area contributed by atoms with Gasteiger partial charge in [0, 0.05) is 6.07 Å². The van der Waals surface area contributed by atoms with Crippen LogP contribution in [0.15, 0.2) is 29.0 Å². The highest BCUT2D eigenvalue weighted by atomic mass is 16.5. The van der Waals surface area contributed by atoms with E-state index < -0.39 is 5.97 Å². The lowest BCUT2D eigenvalue weighted by Crippen LogP contribution is -1.98. The Kier molecular flexibility index (Phi) is 2.78. The summed E-state index contributed by atoms with van der Waals surface area (Å²) >= 11 is 0. The number of nitrogens with zero attached hydrogens (tertiary/aromatic N) is 3. The Balaban J connectivity index is 1.98. The number of carbonyl (C=O) groups is 1. The van der Waals surface area contributed by atoms with E-state index in [0.717, 1.165) is 11.0 Å². The van der Waals surface area contributed by atoms with Crippen molar-refractivity contribution in [2.24, 2.45) is 0 Å². The van der Waals surface area contributed by atoms with Gasteiger partial charge in [-0.05, 0) is 37.1 Å². The third-order valence-corrected chi connectivity index (χ3v) is 3.34. The maximum absolute atomic E-state index is 10.8. The Labute approximate surface area is 114 Å². The first kappa shape index (κ1) is 12.4. The molecule has 2 aromatic heterocycles. The molecule has 1 N–H and O–H groups in total. The highest BCUT2D eigenvalue weighted by molar-refractivity contribution is 5.85. The molecular weight excluding hydrogens is 258 g/mol. The molecule has 0 fully saturated rings. The van der Waals surface area contributed by atoms with Crippen molar-refractivity contribution in [2.75, 3.05) is 0 Å². The Hall–Kier alpha value is -2.63. The smallest absolute Gasteiger partial charge is 0.358 e. The van der Waals surface area contributed by atoms with E-state index in [4.69, 9.17) is 9.63 Å². The van der Waals surface area contributed by atoms with Gasteiger partial charge in [0.25, 0.3) is 0 Å². The van der Waals surface area contributed by atoms with Gasteiger partial charge < -0.3 is 14.2 Å². The van der Waals surface area contributed by atoms with Crippen LogP contribution in [0.3, 0.4) is 0 Å². The molecule has 0 aliphatic heterocycles. The molecule has 3 aromatic rings. The van der Waals surface area contributed by atoms with Crippen molar-refractivity contribution in [3.63, 3.8) is 0 Å². The van der Waals surface area contributed by atoms with Gasteiger partial charge in [-0.3, -0.25) is 0 Å². The van der Waals surface area contributed by atoms with Gasteiger partial charge in [0.1, 0.15) is 0 Å². The van der Waals surface area contributed by atoms with Crippen LogP contribution in [0.4, 0.5) is 0 Å². The summed E-state index contributed by atoms with van der Waals surface area (Å²) in [5, 5.41) is 12.3. The van der Waals surface area contributed by atoms with Gasteiger partial charge in [-0.1, -0.05) is 5.16 Å². The van der Waals surface area contributed by atoms with E-state index in [0.29, 0.717) is 12.3 Å². The number of carboxylic acids is 1. The number of carboxylic acid groups (broad SMARTS) is 1. The minimum atomic E-state index is -1.10. The second-order valence-corrected chi connectivity index (χ2v) is 4.78. The summed E-state index contributed by atoms with van der Waals surface area (Å²) in [4.78, 5) is 15.1. The Morgan fingerprint density at radius 2 is 2.05 bits per heavy atom. The van der Waals surface area contributed by atoms with Crippen LogP contribution in [0.1, 0.15) is 27.4 Å². The topological polar surface area (TPSA) is 81.2 Å². The van der Waals surface area contributed by atoms with Crippen LogP contribution < -0.4 is 0 Å². The number of rotatable bonds is 3. The monoisotopic (exact) mass is 271 g/mol. The number of aryl methyl sites for hydroxylation is 2. The predicted molar refractivity (Wildman–Crippen MR) is 71.8 cm³/mol. The van der Waals surface area contributed by atoms with E-state index in [2.05, 4.69) is 16.2 Å². The average Bonchev–Trinajstić information content (AvgIpc) is 3.00. The third kappa shape index (κ3) is 2.05. The van der Waals surface area contributed by atoms with Gasteiger partial charge in [-0.2, -0.15) is 0 Å². The van der Waals surface area contributed by atoms with Crippen LogP contribution in [-0.4, -0.2) is 25.8 Å². The molecule has 0 amide bonds. The fourth-order valence-corrected chi connectivity index (χ4v) is 2.10. The van der Waals surface area contributed by atoms with E-state index >= 15 is 0 Å². The molecule has 0 radical (unpaired) electrons. The number of fused-ring (bicyclic) bond motifs is 1. The minimum Gasteiger partial charge on any atom is -0.476 e. The van der Waals surface area contributed by atoms with Crippen LogP contribution in [0.2, 0.25) is 0 Å². The molecule has 0 saturated heterocycles. The summed E-state index contributed by atoms with van der Waals surface area (Å²) in [6.45, 7) is 4.49. The van der Waals surface area contributed by atoms with Crippen molar-refractivity contribution < 1.29 is 14.4 Å². The maximum atomic E-state index is 10.8. The van der Waals surface area contributed by atoms with E-state index in [1.165, 1.54) is 17.2 Å². The maximum Gasteiger partial charge on any atom is 0.358 e. The van der Waals surface area contributed by atoms with Crippen molar-refractivity contribution in [2.45, 2.75) is 20.4 Å². The highest BCUT2D eigenvalue weighted by Crippen LogP contribution is 2.19. The number of aromatic carboxylic acids is 1. The van der Waals surface area contributed by atoms with Gasteiger partial charge >= 0.3 is 5.97 Å². The van der Waals surface area contributed by atoms with Crippen molar-refractivity contribution in [3.05, 3.63) is 47.1 Å². The molecule has 102 valence electrons. The van der Waals surface area contributed by atoms with Crippen LogP contribution in [0.5, 0.6) is 0 Å². The summed E-state index contributed by atoms with van der Waals surface area (Å²) in [7, 11) is 0. The Morgan fingerprint density at radius 3 is 2.75 bits per heavy atom. The van der Waals surface area contributed by atoms with Crippen LogP contribution in [0.25, 0.3) is 11.0 Å². The normalized spacial score (nSPS) is 11.1. The van der Waals surface area contributed by atoms with Crippen LogP contribution in [0, 0.1) is 13.8 Å². The van der Waals surface area contributed by atoms with Crippen molar-refractivity contribution in [3.8, 4) is 0 Å². The predicted octanol–water partition coefficient (Wildman–Crippen LogP) is 2.39. The first-order chi connectivity index (χ1) is 9.54. The molecule has 1 aromatic carbocycles. The SMILES string of the molecule is Cc1cc2ncn(Cc3cc(C(=O)O)no3)c2cc1C. The summed E-state index contributed by atoms with van der Waals surface area (Å²) in [6.07, 6.45) is 1.71. The molecule has 0 unspecified atom stereocenters. The molecule has 0 atom stereocenters. The molecule has 0 bridgehead atoms. The fourth-order valence-electron chi connectivity index (χ4n) is 2.10. The van der Waals surface area contributed by atoms with Gasteiger partial charge in [-0.25, -0.2) is 9.78 Å². The zero-order chi connectivity index (χ0) is 14.3. The lowest BCUT2D eigenvalue weighted by atomic mass is 10.1. The molecule has 6 heteroatoms. The summed E-state index contributed by atoms with van der Waals surface area (Å²) in [6, 6.07) is 5.52. The number of hydrogen-bond acceptors (Lipinski definition) is 4. The Bertz CT molecular complexity index is 801. The zero-order valence-electron chi connectivity index (χ0n) is 11.1. The van der Waals surface area contributed by atoms with E-state index in [9.17, 15) is 4.79 Å². The first-order valence-corrected chi connectivity index (χ1v) is 6.15. The van der Waals surface area contributed by atoms with E-state index in [1.54, 1.807) is 6.33 Å². The highest BCUT2D eigenvalue weighted by Gasteiger charge is 2.12. The van der Waals surface area contributed by atoms with E-state index in [-0.39, 0.29) is 5.69 Å². The zero-order valence-corrected chi connectivity index (χ0v) is 11.1. The summed E-state index contributed by atoms with van der Waals surface area (Å²) in [5.74, 6) is -0.609. The second-order valence-electron chi connectivity index (χ2n) is 4.78. The Morgan fingerprint density at radius 1 is 1.30 bits per heavy atom. The van der Waals surface area contributed by atoms with Gasteiger partial charge in [-0.15, -0.1) is 0 Å². The fraction of sp³-hybridized carbons (Fsp3) is 0.214. The van der Waals surface area contributed by atoms with Crippen LogP contribution >= 0.6 is 0 Å². The molecule has 0 aliphatic carbocycles. The van der Waals surface area contributed by atoms with Crippen molar-refractivity contribution in [1.82, 2.24) is 14.7 Å². The van der Waals surface area contributed by atoms with E-state index in [1.807, 2.05) is 24.5 Å². The van der Waals surface area contributed by atoms with Gasteiger partial charge in [0.05, 0.1) is 23.9 Å².